The van der Waals surface area contributed by atoms with Crippen molar-refractivity contribution in [2.75, 3.05) is 13.1 Å². The summed E-state index contributed by atoms with van der Waals surface area (Å²) in [5.74, 6) is -16.5. The van der Waals surface area contributed by atoms with Crippen molar-refractivity contribution in [1.82, 2.24) is 57.8 Å². The Morgan fingerprint density at radius 1 is 0.593 bits per heavy atom. The first-order chi connectivity index (χ1) is 38.0. The Labute approximate surface area is 462 Å². The van der Waals surface area contributed by atoms with E-state index in [1.54, 1.807) is 44.2 Å². The number of carboxylic acid groups (broad SMARTS) is 4. The summed E-state index contributed by atoms with van der Waals surface area (Å²) in [4.78, 5) is 178. The lowest BCUT2D eigenvalue weighted by molar-refractivity contribution is -0.148. The van der Waals surface area contributed by atoms with Gasteiger partial charge in [-0.3, -0.25) is 62.5 Å². The molecule has 0 saturated heterocycles. The molecule has 0 spiro atoms. The number of nitrogens with two attached hydrogens (primary N) is 3. The maximum absolute atomic E-state index is 14.2. The molecule has 446 valence electrons. The van der Waals surface area contributed by atoms with Crippen molar-refractivity contribution in [2.24, 2.45) is 28.1 Å². The third-order valence-corrected chi connectivity index (χ3v) is 11.4. The van der Waals surface area contributed by atoms with Crippen LogP contribution in [0.2, 0.25) is 0 Å². The van der Waals surface area contributed by atoms with Gasteiger partial charge in [0.25, 0.3) is 0 Å². The van der Waals surface area contributed by atoms with Gasteiger partial charge in [-0.1, -0.05) is 44.2 Å². The van der Waals surface area contributed by atoms with Crippen LogP contribution >= 0.6 is 0 Å². The standard InChI is InChI=1S/C48H71N15O18/c1-22(2)13-29(57-34(65)20-54-41(74)30(14-25-9-6-5-7-10-25)59-40(73)27(49)16-35(66)67)43(76)56-23(3)39(72)58-28(11-8-12-53-48(50)51)42(75)60-31(15-26-19-52-21-55-26)45(78)63-38(24(4)64)46(79)61-32(17-36(68)69)44(77)62-33(47(80)81)18-37(70)71/h5-7,9-10,19,21-24,27-33,38,64H,8,11-18,20,49H2,1-4H3,(H,52,55)(H,54,74)(H,56,76)(H,57,65)(H,58,72)(H,59,73)(H,60,75)(H,61,79)(H,62,77)(H,63,78)(H,66,67)(H,68,69)(H,70,71)(H,80,81)(H4,50,51,53)/t23-,24+,27-,28-,29-,30-,31-,32-,33-,38-/m0/s1. The van der Waals surface area contributed by atoms with Crippen LogP contribution in [-0.4, -0.2) is 192 Å². The number of aliphatic hydroxyl groups excluding tert-OH is 1. The van der Waals surface area contributed by atoms with Crippen molar-refractivity contribution >= 4 is 83.0 Å². The topological polar surface area (TPSA) is 550 Å². The zero-order valence-corrected chi connectivity index (χ0v) is 44.6. The van der Waals surface area contributed by atoms with E-state index in [1.165, 1.54) is 19.4 Å². The van der Waals surface area contributed by atoms with Crippen LogP contribution in [0.4, 0.5) is 0 Å². The van der Waals surface area contributed by atoms with Gasteiger partial charge in [0.05, 0.1) is 44.3 Å². The first kappa shape index (κ1) is 67.8. The van der Waals surface area contributed by atoms with E-state index in [-0.39, 0.29) is 49.8 Å². The molecule has 10 atom stereocenters. The van der Waals surface area contributed by atoms with Crippen LogP contribution in [0.25, 0.3) is 0 Å². The number of aliphatic imine (C=N–C) groups is 1. The lowest BCUT2D eigenvalue weighted by Crippen LogP contribution is -2.62. The molecule has 0 bridgehead atoms. The van der Waals surface area contributed by atoms with Crippen molar-refractivity contribution in [2.45, 2.75) is 140 Å². The highest BCUT2D eigenvalue weighted by molar-refractivity contribution is 5.99. The highest BCUT2D eigenvalue weighted by Crippen LogP contribution is 2.10. The average Bonchev–Trinajstić information content (AvgIpc) is 3.89. The maximum atomic E-state index is 14.2. The van der Waals surface area contributed by atoms with Crippen LogP contribution < -0.4 is 65.1 Å². The quantitative estimate of drug-likeness (QED) is 0.0171. The third kappa shape index (κ3) is 25.8. The van der Waals surface area contributed by atoms with Crippen LogP contribution in [0.1, 0.15) is 77.5 Å². The molecule has 0 unspecified atom stereocenters. The van der Waals surface area contributed by atoms with E-state index in [1.807, 2.05) is 10.6 Å². The minimum atomic E-state index is -2.08. The van der Waals surface area contributed by atoms with E-state index in [2.05, 4.69) is 52.2 Å². The Kier molecular flexibility index (Phi) is 28.4. The molecule has 0 fully saturated rings. The van der Waals surface area contributed by atoms with Gasteiger partial charge in [-0.15, -0.1) is 0 Å². The van der Waals surface area contributed by atoms with Gasteiger partial charge in [-0.25, -0.2) is 9.78 Å². The van der Waals surface area contributed by atoms with E-state index < -0.39 is 170 Å². The number of imidazole rings is 1. The fourth-order valence-corrected chi connectivity index (χ4v) is 7.36. The maximum Gasteiger partial charge on any atom is 0.326 e. The first-order valence-electron chi connectivity index (χ1n) is 25.1. The third-order valence-electron chi connectivity index (χ3n) is 11.4. The van der Waals surface area contributed by atoms with Crippen molar-refractivity contribution < 1.29 is 87.9 Å². The summed E-state index contributed by atoms with van der Waals surface area (Å²) in [6.07, 6.45) is -2.97. The molecule has 0 aliphatic carbocycles. The highest BCUT2D eigenvalue weighted by atomic mass is 16.4. The van der Waals surface area contributed by atoms with Crippen LogP contribution in [0.15, 0.2) is 47.8 Å². The van der Waals surface area contributed by atoms with Gasteiger partial charge in [-0.05, 0) is 44.6 Å². The van der Waals surface area contributed by atoms with Crippen LogP contribution in [-0.2, 0) is 75.2 Å². The zero-order chi connectivity index (χ0) is 61.1. The molecule has 1 aromatic carbocycles. The Bertz CT molecular complexity index is 2560. The number of nitrogens with zero attached hydrogens (tertiary/aromatic N) is 2. The van der Waals surface area contributed by atoms with E-state index in [0.717, 1.165) is 6.92 Å². The molecule has 2 rings (SSSR count). The summed E-state index contributed by atoms with van der Waals surface area (Å²) in [5.41, 5.74) is 17.4. The number of aliphatic hydroxyl groups is 1. The number of nitrogens with one attached hydrogen (secondary N) is 10. The van der Waals surface area contributed by atoms with Gasteiger partial charge in [0.15, 0.2) is 5.96 Å². The molecule has 33 nitrogen and oxygen atoms in total. The Morgan fingerprint density at radius 2 is 1.12 bits per heavy atom. The van der Waals surface area contributed by atoms with Crippen LogP contribution in [0, 0.1) is 5.92 Å². The van der Waals surface area contributed by atoms with Gasteiger partial charge < -0.3 is 95.6 Å². The van der Waals surface area contributed by atoms with E-state index in [0.29, 0.717) is 5.56 Å². The molecular weight excluding hydrogens is 1070 g/mol. The fourth-order valence-electron chi connectivity index (χ4n) is 7.36. The molecule has 0 aliphatic heterocycles. The Balaban J connectivity index is 2.33. The van der Waals surface area contributed by atoms with E-state index in [4.69, 9.17) is 27.4 Å². The summed E-state index contributed by atoms with van der Waals surface area (Å²) in [5, 5.41) is 68.3. The second-order valence-electron chi connectivity index (χ2n) is 18.9. The summed E-state index contributed by atoms with van der Waals surface area (Å²) in [6.45, 7) is 4.97. The number of amides is 9. The molecular formula is C48H71N15O18. The lowest BCUT2D eigenvalue weighted by atomic mass is 10.0. The van der Waals surface area contributed by atoms with Gasteiger partial charge in [0.2, 0.25) is 53.2 Å². The monoisotopic (exact) mass is 1150 g/mol. The number of benzene rings is 1. The molecule has 0 saturated carbocycles. The number of hydrogen-bond acceptors (Lipinski definition) is 17. The number of aliphatic carboxylic acids is 4. The van der Waals surface area contributed by atoms with Gasteiger partial charge >= 0.3 is 23.9 Å². The predicted molar refractivity (Wildman–Crippen MR) is 280 cm³/mol. The second-order valence-corrected chi connectivity index (χ2v) is 18.9. The number of carboxylic acids is 4. The van der Waals surface area contributed by atoms with Gasteiger partial charge in [0.1, 0.15) is 48.3 Å². The minimum absolute atomic E-state index is 0.0151. The largest absolute Gasteiger partial charge is 0.481 e. The number of carbonyl (C=O) groups excluding carboxylic acids is 9. The number of aromatic amines is 1. The van der Waals surface area contributed by atoms with Crippen LogP contribution in [0.5, 0.6) is 0 Å². The Morgan fingerprint density at radius 3 is 1.68 bits per heavy atom. The number of H-pyrrole nitrogens is 1. The fraction of sp³-hybridized carbons (Fsp3) is 0.521. The molecule has 0 aliphatic rings. The smallest absolute Gasteiger partial charge is 0.326 e. The van der Waals surface area contributed by atoms with Crippen molar-refractivity contribution in [3.63, 3.8) is 0 Å². The molecule has 21 N–H and O–H groups in total. The normalized spacial score (nSPS) is 14.6. The second kappa shape index (κ2) is 33.9. The zero-order valence-electron chi connectivity index (χ0n) is 44.6. The minimum Gasteiger partial charge on any atom is -0.481 e. The van der Waals surface area contributed by atoms with E-state index >= 15 is 0 Å². The summed E-state index contributed by atoms with van der Waals surface area (Å²) < 4.78 is 0. The molecule has 9 amide bonds. The summed E-state index contributed by atoms with van der Waals surface area (Å²) in [7, 11) is 0. The molecule has 1 heterocycles. The van der Waals surface area contributed by atoms with Gasteiger partial charge in [0, 0.05) is 31.3 Å². The van der Waals surface area contributed by atoms with Crippen LogP contribution in [0.3, 0.4) is 0 Å². The average molecular weight is 1150 g/mol. The number of rotatable bonds is 36. The van der Waals surface area contributed by atoms with Crippen molar-refractivity contribution in [1.29, 1.82) is 0 Å². The molecule has 33 heteroatoms. The van der Waals surface area contributed by atoms with Crippen molar-refractivity contribution in [3.8, 4) is 0 Å². The highest BCUT2D eigenvalue weighted by Gasteiger charge is 2.37. The van der Waals surface area contributed by atoms with Gasteiger partial charge in [-0.2, -0.15) is 0 Å². The molecule has 1 aromatic heterocycles. The number of carbonyl (C=O) groups is 13. The van der Waals surface area contributed by atoms with Crippen molar-refractivity contribution in [3.05, 3.63) is 54.1 Å². The molecule has 2 aromatic rings. The predicted octanol–water partition coefficient (Wildman–Crippen LogP) is -6.47. The molecule has 0 radical (unpaired) electrons. The summed E-state index contributed by atoms with van der Waals surface area (Å²) in [6, 6.07) is -6.47. The first-order valence-corrected chi connectivity index (χ1v) is 25.1. The number of aromatic nitrogens is 2. The number of guanidine groups is 1. The van der Waals surface area contributed by atoms with E-state index in [9.17, 15) is 77.6 Å². The molecule has 81 heavy (non-hydrogen) atoms. The SMILES string of the molecule is CC(C)C[C@H](NC(=O)CNC(=O)[C@H](Cc1ccccc1)NC(=O)[C@@H](N)CC(=O)O)C(=O)N[C@@H](C)C(=O)N[C@@H](CCCN=C(N)N)C(=O)N[C@@H](Cc1cnc[nH]1)C(=O)N[C@H](C(=O)N[C@@H](CC(=O)O)C(=O)N[C@@H](CC(=O)O)C(=O)O)[C@@H](C)O. The summed E-state index contributed by atoms with van der Waals surface area (Å²) >= 11 is 0. The lowest BCUT2D eigenvalue weighted by Gasteiger charge is -2.28. The Hall–Kier alpha value is -9.27. The number of hydrogen-bond donors (Lipinski definition) is 18.